The van der Waals surface area contributed by atoms with Gasteiger partial charge in [-0.1, -0.05) is 30.7 Å². The number of guanidine groups is 1. The minimum atomic E-state index is 0.109. The first-order valence-electron chi connectivity index (χ1n) is 10.8. The van der Waals surface area contributed by atoms with Crippen molar-refractivity contribution in [3.63, 3.8) is 0 Å². The van der Waals surface area contributed by atoms with Gasteiger partial charge in [-0.25, -0.2) is 0 Å². The molecule has 1 aliphatic carbocycles. The molecule has 27 heavy (non-hydrogen) atoms. The zero-order valence-corrected chi connectivity index (χ0v) is 17.1. The van der Waals surface area contributed by atoms with Gasteiger partial charge in [0.05, 0.1) is 6.54 Å². The monoisotopic (exact) mass is 369 g/mol. The molecule has 1 spiro atoms. The van der Waals surface area contributed by atoms with Crippen LogP contribution in [-0.2, 0) is 10.2 Å². The fourth-order valence-electron chi connectivity index (χ4n) is 5.30. The van der Waals surface area contributed by atoms with Crippen LogP contribution >= 0.6 is 0 Å². The van der Waals surface area contributed by atoms with Crippen LogP contribution in [0.1, 0.15) is 56.6 Å². The summed E-state index contributed by atoms with van der Waals surface area (Å²) in [6.07, 6.45) is 7.70. The van der Waals surface area contributed by atoms with Gasteiger partial charge in [0.2, 0.25) is 0 Å². The second kappa shape index (κ2) is 7.83. The summed E-state index contributed by atoms with van der Waals surface area (Å²) in [5.41, 5.74) is 3.56. The Hall–Kier alpha value is -1.55. The lowest BCUT2D eigenvalue weighted by molar-refractivity contribution is 0.0528. The van der Waals surface area contributed by atoms with Crippen molar-refractivity contribution in [2.45, 2.75) is 57.8 Å². The van der Waals surface area contributed by atoms with Crippen LogP contribution in [0.5, 0.6) is 0 Å². The molecular formula is C23H35N3O. The fourth-order valence-corrected chi connectivity index (χ4v) is 5.30. The largest absolute Gasteiger partial charge is 0.381 e. The molecule has 0 aromatic heterocycles. The molecule has 1 saturated carbocycles. The van der Waals surface area contributed by atoms with Gasteiger partial charge < -0.3 is 15.0 Å². The zero-order valence-electron chi connectivity index (χ0n) is 17.1. The Morgan fingerprint density at radius 2 is 1.93 bits per heavy atom. The Morgan fingerprint density at radius 3 is 2.56 bits per heavy atom. The molecule has 1 N–H and O–H groups in total. The van der Waals surface area contributed by atoms with E-state index in [1.807, 2.05) is 0 Å². The Labute approximate surface area is 164 Å². The lowest BCUT2D eigenvalue weighted by Gasteiger charge is -2.39. The summed E-state index contributed by atoms with van der Waals surface area (Å²) in [6.45, 7) is 10.2. The van der Waals surface area contributed by atoms with Crippen LogP contribution in [0, 0.1) is 12.3 Å². The first kappa shape index (κ1) is 18.8. The molecular weight excluding hydrogens is 334 g/mol. The first-order chi connectivity index (χ1) is 13.2. The molecule has 148 valence electrons. The predicted molar refractivity (Wildman–Crippen MR) is 111 cm³/mol. The van der Waals surface area contributed by atoms with Crippen LogP contribution in [0.3, 0.4) is 0 Å². The van der Waals surface area contributed by atoms with Crippen molar-refractivity contribution in [1.82, 2.24) is 10.2 Å². The molecule has 0 unspecified atom stereocenters. The number of nitrogens with zero attached hydrogens (tertiary/aromatic N) is 2. The summed E-state index contributed by atoms with van der Waals surface area (Å²) in [4.78, 5) is 7.73. The lowest BCUT2D eigenvalue weighted by atomic mass is 9.68. The van der Waals surface area contributed by atoms with E-state index in [1.54, 1.807) is 0 Å². The molecule has 2 heterocycles. The summed E-state index contributed by atoms with van der Waals surface area (Å²) in [6, 6.07) is 8.86. The molecule has 0 amide bonds. The van der Waals surface area contributed by atoms with Gasteiger partial charge >= 0.3 is 0 Å². The van der Waals surface area contributed by atoms with Gasteiger partial charge in [-0.15, -0.1) is 0 Å². The van der Waals surface area contributed by atoms with Crippen molar-refractivity contribution in [3.05, 3.63) is 35.4 Å². The minimum Gasteiger partial charge on any atom is -0.381 e. The van der Waals surface area contributed by atoms with Crippen LogP contribution in [0.25, 0.3) is 0 Å². The van der Waals surface area contributed by atoms with Crippen molar-refractivity contribution in [3.8, 4) is 0 Å². The average molecular weight is 370 g/mol. The highest BCUT2D eigenvalue weighted by atomic mass is 16.5. The summed E-state index contributed by atoms with van der Waals surface area (Å²) in [5.74, 6) is 1.13. The molecule has 4 rings (SSSR count). The number of nitrogens with one attached hydrogen (secondary N) is 1. The third-order valence-electron chi connectivity index (χ3n) is 7.18. The number of rotatable bonds is 4. The third kappa shape index (κ3) is 3.73. The molecule has 1 aromatic rings. The number of hydrogen-bond donors (Lipinski definition) is 1. The molecule has 0 atom stereocenters. The normalized spacial score (nSPS) is 24.1. The third-order valence-corrected chi connectivity index (χ3v) is 7.18. The van der Waals surface area contributed by atoms with Gasteiger partial charge in [-0.3, -0.25) is 4.99 Å². The Bertz CT molecular complexity index is 674. The van der Waals surface area contributed by atoms with Crippen LogP contribution < -0.4 is 5.32 Å². The molecule has 2 saturated heterocycles. The topological polar surface area (TPSA) is 36.9 Å². The summed E-state index contributed by atoms with van der Waals surface area (Å²) >= 11 is 0. The summed E-state index contributed by atoms with van der Waals surface area (Å²) in [7, 11) is 0. The van der Waals surface area contributed by atoms with Crippen LogP contribution in [0.15, 0.2) is 29.3 Å². The van der Waals surface area contributed by atoms with E-state index in [-0.39, 0.29) is 5.41 Å². The highest BCUT2D eigenvalue weighted by molar-refractivity contribution is 5.80. The van der Waals surface area contributed by atoms with Crippen LogP contribution in [0.4, 0.5) is 0 Å². The van der Waals surface area contributed by atoms with Gasteiger partial charge in [-0.2, -0.15) is 0 Å². The number of benzene rings is 1. The smallest absolute Gasteiger partial charge is 0.193 e. The SMILES string of the molecule is CCNC(=NCC1(c2ccccc2C)CCOCC1)N1CCC2(CCC2)C1. The van der Waals surface area contributed by atoms with E-state index in [0.717, 1.165) is 51.6 Å². The van der Waals surface area contributed by atoms with Gasteiger partial charge in [-0.05, 0) is 62.5 Å². The molecule has 2 aliphatic heterocycles. The number of hydrogen-bond acceptors (Lipinski definition) is 2. The van der Waals surface area contributed by atoms with Crippen molar-refractivity contribution < 1.29 is 4.74 Å². The van der Waals surface area contributed by atoms with Crippen molar-refractivity contribution in [2.75, 3.05) is 39.4 Å². The standard InChI is InChI=1S/C23H35N3O/c1-3-24-21(26-14-11-22(18-26)9-6-10-22)25-17-23(12-15-27-16-13-23)20-8-5-4-7-19(20)2/h4-5,7-8H,3,6,9-18H2,1-2H3,(H,24,25). The number of aliphatic imine (C=N–C) groups is 1. The summed E-state index contributed by atoms with van der Waals surface area (Å²) < 4.78 is 5.72. The van der Waals surface area contributed by atoms with Crippen molar-refractivity contribution in [1.29, 1.82) is 0 Å². The van der Waals surface area contributed by atoms with E-state index in [0.29, 0.717) is 5.41 Å². The minimum absolute atomic E-state index is 0.109. The Morgan fingerprint density at radius 1 is 1.15 bits per heavy atom. The highest BCUT2D eigenvalue weighted by Crippen LogP contribution is 2.48. The van der Waals surface area contributed by atoms with Gasteiger partial charge in [0.25, 0.3) is 0 Å². The molecule has 3 aliphatic rings. The molecule has 3 fully saturated rings. The molecule has 4 nitrogen and oxygen atoms in total. The Kier molecular flexibility index (Phi) is 5.45. The zero-order chi connectivity index (χ0) is 18.7. The second-order valence-electron chi connectivity index (χ2n) is 8.90. The maximum absolute atomic E-state index is 5.72. The van der Waals surface area contributed by atoms with Crippen LogP contribution in [-0.4, -0.2) is 50.3 Å². The van der Waals surface area contributed by atoms with Crippen LogP contribution in [0.2, 0.25) is 0 Å². The van der Waals surface area contributed by atoms with Gasteiger partial charge in [0.1, 0.15) is 0 Å². The Balaban J connectivity index is 1.56. The highest BCUT2D eigenvalue weighted by Gasteiger charge is 2.44. The molecule has 0 bridgehead atoms. The van der Waals surface area contributed by atoms with E-state index < -0.39 is 0 Å². The predicted octanol–water partition coefficient (Wildman–Crippen LogP) is 3.88. The average Bonchev–Trinajstić information content (AvgIpc) is 3.12. The van der Waals surface area contributed by atoms with Gasteiger partial charge in [0, 0.05) is 38.3 Å². The van der Waals surface area contributed by atoms with E-state index in [4.69, 9.17) is 9.73 Å². The number of ether oxygens (including phenoxy) is 1. The fraction of sp³-hybridized carbons (Fsp3) is 0.696. The first-order valence-corrected chi connectivity index (χ1v) is 10.8. The van der Waals surface area contributed by atoms with Crippen molar-refractivity contribution in [2.24, 2.45) is 10.4 Å². The maximum Gasteiger partial charge on any atom is 0.193 e. The summed E-state index contributed by atoms with van der Waals surface area (Å²) in [5, 5.41) is 3.58. The quantitative estimate of drug-likeness (QED) is 0.646. The van der Waals surface area contributed by atoms with E-state index >= 15 is 0 Å². The molecule has 1 aromatic carbocycles. The number of aryl methyl sites for hydroxylation is 1. The van der Waals surface area contributed by atoms with E-state index in [1.165, 1.54) is 43.4 Å². The second-order valence-corrected chi connectivity index (χ2v) is 8.90. The lowest BCUT2D eigenvalue weighted by Crippen LogP contribution is -2.44. The molecule has 0 radical (unpaired) electrons. The van der Waals surface area contributed by atoms with Gasteiger partial charge in [0.15, 0.2) is 5.96 Å². The van der Waals surface area contributed by atoms with Crippen molar-refractivity contribution >= 4 is 5.96 Å². The van der Waals surface area contributed by atoms with E-state index in [9.17, 15) is 0 Å². The van der Waals surface area contributed by atoms with E-state index in [2.05, 4.69) is 48.3 Å². The number of likely N-dealkylation sites (tertiary alicyclic amines) is 1. The maximum atomic E-state index is 5.72. The molecule has 4 heteroatoms.